The van der Waals surface area contributed by atoms with Crippen molar-refractivity contribution >= 4 is 76.5 Å². The SMILES string of the molecule is COC(=O)[C@H]1O[C@@H](O[C@H]2[C@@H](O)[C@@H](COC(=O)c3ccccc3)O[C@H](OC(C)=O)[C@@H]2NC(=O)C(Cl)(Cl)Cl)[C@H](OC(C)=O)[C@@H](OC(C)=O)[C@@H]1OC(C)=O. The van der Waals surface area contributed by atoms with Crippen LogP contribution in [-0.4, -0.2) is 126 Å². The third kappa shape index (κ3) is 11.4. The van der Waals surface area contributed by atoms with E-state index in [1.54, 1.807) is 18.2 Å². The maximum absolute atomic E-state index is 12.9. The van der Waals surface area contributed by atoms with Gasteiger partial charge in [-0.1, -0.05) is 53.0 Å². The molecule has 21 heteroatoms. The second kappa shape index (κ2) is 18.1. The molecule has 0 unspecified atom stereocenters. The molecule has 2 aliphatic rings. The van der Waals surface area contributed by atoms with E-state index in [2.05, 4.69) is 5.32 Å². The number of aliphatic hydroxyl groups is 1. The first-order chi connectivity index (χ1) is 23.8. The molecule has 2 N–H and O–H groups in total. The van der Waals surface area contributed by atoms with Crippen LogP contribution in [-0.2, 0) is 71.4 Å². The van der Waals surface area contributed by atoms with Crippen molar-refractivity contribution in [1.29, 1.82) is 0 Å². The number of nitrogens with one attached hydrogen (secondary N) is 1. The molecule has 2 heterocycles. The van der Waals surface area contributed by atoms with Gasteiger partial charge in [0.15, 0.2) is 30.7 Å². The van der Waals surface area contributed by atoms with Crippen molar-refractivity contribution in [3.63, 3.8) is 0 Å². The Morgan fingerprint density at radius 1 is 0.765 bits per heavy atom. The summed E-state index contributed by atoms with van der Waals surface area (Å²) in [5.74, 6) is -7.29. The molecular weight excluding hydrogens is 753 g/mol. The van der Waals surface area contributed by atoms with Crippen LogP contribution >= 0.6 is 34.8 Å². The van der Waals surface area contributed by atoms with Crippen LogP contribution in [0.3, 0.4) is 0 Å². The molecule has 0 aliphatic carbocycles. The number of ether oxygens (including phenoxy) is 9. The van der Waals surface area contributed by atoms with Crippen molar-refractivity contribution in [2.24, 2.45) is 0 Å². The standard InChI is InChI=1S/C30H34Cl3NO17/c1-12(35)45-21-22(46-13(2)36)24(47-14(3)37)28(51-23(21)26(41)43-5)50-20-18(34-29(42)30(31,32)33)27(48-15(4)38)49-17(19(20)39)11-44-25(40)16-9-7-6-8-10-16/h6-10,17-24,27-28,39H,11H2,1-5H3,(H,34,42)/t17-,18-,19+,20-,21+,22+,23+,24-,27+,28-/m1/s1. The highest BCUT2D eigenvalue weighted by Crippen LogP contribution is 2.35. The van der Waals surface area contributed by atoms with Gasteiger partial charge in [0.25, 0.3) is 9.70 Å². The Morgan fingerprint density at radius 3 is 1.84 bits per heavy atom. The highest BCUT2D eigenvalue weighted by atomic mass is 35.6. The summed E-state index contributed by atoms with van der Waals surface area (Å²) in [6.07, 6.45) is -16.7. The number of methoxy groups -OCH3 is 1. The highest BCUT2D eigenvalue weighted by Gasteiger charge is 2.58. The summed E-state index contributed by atoms with van der Waals surface area (Å²) in [5, 5.41) is 13.8. The van der Waals surface area contributed by atoms with Gasteiger partial charge in [-0.2, -0.15) is 0 Å². The van der Waals surface area contributed by atoms with Crippen LogP contribution in [0.5, 0.6) is 0 Å². The van der Waals surface area contributed by atoms with Crippen LogP contribution in [0.4, 0.5) is 0 Å². The Balaban J connectivity index is 2.12. The molecule has 2 aliphatic heterocycles. The number of carbonyl (C=O) groups is 7. The lowest BCUT2D eigenvalue weighted by Crippen LogP contribution is -2.69. The summed E-state index contributed by atoms with van der Waals surface area (Å²) in [6.45, 7) is 3.16. The van der Waals surface area contributed by atoms with E-state index in [0.717, 1.165) is 34.8 Å². The van der Waals surface area contributed by atoms with E-state index in [4.69, 9.17) is 77.4 Å². The first-order valence-electron chi connectivity index (χ1n) is 14.8. The van der Waals surface area contributed by atoms with Gasteiger partial charge in [-0.25, -0.2) is 9.59 Å². The third-order valence-electron chi connectivity index (χ3n) is 7.02. The molecule has 18 nitrogen and oxygen atoms in total. The molecule has 1 aromatic carbocycles. The Morgan fingerprint density at radius 2 is 1.31 bits per heavy atom. The van der Waals surface area contributed by atoms with Crippen molar-refractivity contribution in [3.8, 4) is 0 Å². The zero-order valence-electron chi connectivity index (χ0n) is 27.5. The van der Waals surface area contributed by atoms with Gasteiger partial charge in [-0.3, -0.25) is 24.0 Å². The van der Waals surface area contributed by atoms with Gasteiger partial charge in [0.05, 0.1) is 12.7 Å². The van der Waals surface area contributed by atoms with Crippen molar-refractivity contribution in [2.75, 3.05) is 13.7 Å². The van der Waals surface area contributed by atoms with Crippen molar-refractivity contribution in [2.45, 2.75) is 92.8 Å². The molecule has 0 aromatic heterocycles. The Bertz CT molecular complexity index is 1460. The fraction of sp³-hybridized carbons (Fsp3) is 0.567. The fourth-order valence-electron chi connectivity index (χ4n) is 5.03. The van der Waals surface area contributed by atoms with Crippen molar-refractivity contribution < 1.29 is 81.3 Å². The Kier molecular flexibility index (Phi) is 14.8. The maximum Gasteiger partial charge on any atom is 0.339 e. The summed E-state index contributed by atoms with van der Waals surface area (Å²) in [4.78, 5) is 87.3. The van der Waals surface area contributed by atoms with Gasteiger partial charge in [-0.05, 0) is 12.1 Å². The average Bonchev–Trinajstić information content (AvgIpc) is 3.04. The van der Waals surface area contributed by atoms with Gasteiger partial charge >= 0.3 is 35.8 Å². The van der Waals surface area contributed by atoms with Crippen LogP contribution in [0, 0.1) is 0 Å². The first-order valence-corrected chi connectivity index (χ1v) is 16.0. The van der Waals surface area contributed by atoms with E-state index in [0.29, 0.717) is 0 Å². The molecule has 10 atom stereocenters. The van der Waals surface area contributed by atoms with Crippen LogP contribution < -0.4 is 5.32 Å². The molecule has 3 rings (SSSR count). The second-order valence-corrected chi connectivity index (χ2v) is 13.2. The predicted octanol–water partition coefficient (Wildman–Crippen LogP) is 0.426. The van der Waals surface area contributed by atoms with E-state index in [1.165, 1.54) is 12.1 Å². The van der Waals surface area contributed by atoms with Crippen LogP contribution in [0.2, 0.25) is 0 Å². The number of hydrogen-bond acceptors (Lipinski definition) is 17. The lowest BCUT2D eigenvalue weighted by atomic mass is 9.94. The van der Waals surface area contributed by atoms with Gasteiger partial charge in [0.2, 0.25) is 6.29 Å². The molecule has 0 radical (unpaired) electrons. The number of hydrogen-bond donors (Lipinski definition) is 2. The van der Waals surface area contributed by atoms with Gasteiger partial charge in [0, 0.05) is 27.7 Å². The van der Waals surface area contributed by atoms with E-state index >= 15 is 0 Å². The van der Waals surface area contributed by atoms with E-state index in [-0.39, 0.29) is 5.56 Å². The normalized spacial score (nSPS) is 29.0. The van der Waals surface area contributed by atoms with Gasteiger partial charge in [0.1, 0.15) is 31.0 Å². The summed E-state index contributed by atoms with van der Waals surface area (Å²) >= 11 is 17.3. The molecule has 2 saturated heterocycles. The summed E-state index contributed by atoms with van der Waals surface area (Å²) in [5.41, 5.74) is 0.132. The van der Waals surface area contributed by atoms with Gasteiger partial charge in [-0.15, -0.1) is 0 Å². The topological polar surface area (TPSA) is 235 Å². The zero-order chi connectivity index (χ0) is 38.2. The Labute approximate surface area is 305 Å². The minimum Gasteiger partial charge on any atom is -0.467 e. The second-order valence-electron chi connectivity index (χ2n) is 10.9. The fourth-order valence-corrected chi connectivity index (χ4v) is 5.19. The third-order valence-corrected chi connectivity index (χ3v) is 7.54. The summed E-state index contributed by atoms with van der Waals surface area (Å²) < 4.78 is 46.2. The number of rotatable bonds is 11. The van der Waals surface area contributed by atoms with E-state index in [9.17, 15) is 38.7 Å². The van der Waals surface area contributed by atoms with Crippen LogP contribution in [0.25, 0.3) is 0 Å². The van der Waals surface area contributed by atoms with Crippen LogP contribution in [0.1, 0.15) is 38.1 Å². The lowest BCUT2D eigenvalue weighted by Gasteiger charge is -2.48. The molecule has 1 amide bonds. The minimum atomic E-state index is -2.63. The molecule has 0 spiro atoms. The van der Waals surface area contributed by atoms with Crippen molar-refractivity contribution in [1.82, 2.24) is 5.32 Å². The molecular formula is C30H34Cl3NO17. The van der Waals surface area contributed by atoms with E-state index < -0.39 is 113 Å². The molecule has 51 heavy (non-hydrogen) atoms. The first kappa shape index (κ1) is 41.6. The van der Waals surface area contributed by atoms with Crippen molar-refractivity contribution in [3.05, 3.63) is 35.9 Å². The molecule has 0 saturated carbocycles. The number of aliphatic hydroxyl groups excluding tert-OH is 1. The summed E-state index contributed by atoms with van der Waals surface area (Å²) in [7, 11) is 0.959. The average molecular weight is 787 g/mol. The molecule has 1 aromatic rings. The summed E-state index contributed by atoms with van der Waals surface area (Å²) in [6, 6.07) is 5.91. The van der Waals surface area contributed by atoms with Gasteiger partial charge < -0.3 is 53.1 Å². The maximum atomic E-state index is 12.9. The number of esters is 6. The highest BCUT2D eigenvalue weighted by molar-refractivity contribution is 6.76. The molecule has 0 bridgehead atoms. The molecule has 2 fully saturated rings. The predicted molar refractivity (Wildman–Crippen MR) is 168 cm³/mol. The van der Waals surface area contributed by atoms with Crippen LogP contribution in [0.15, 0.2) is 30.3 Å². The van der Waals surface area contributed by atoms with E-state index in [1.807, 2.05) is 0 Å². The number of carbonyl (C=O) groups excluding carboxylic acids is 7. The largest absolute Gasteiger partial charge is 0.467 e. The number of amides is 1. The lowest BCUT2D eigenvalue weighted by molar-refractivity contribution is -0.339. The Hall–Kier alpha value is -3.78. The number of benzene rings is 1. The smallest absolute Gasteiger partial charge is 0.339 e. The minimum absolute atomic E-state index is 0.132. The zero-order valence-corrected chi connectivity index (χ0v) is 29.7. The quantitative estimate of drug-likeness (QED) is 0.176. The monoisotopic (exact) mass is 785 g/mol. The molecule has 282 valence electrons. The number of halogens is 3. The number of alkyl halides is 3.